The van der Waals surface area contributed by atoms with Crippen LogP contribution in [0.3, 0.4) is 0 Å². The van der Waals surface area contributed by atoms with E-state index in [1.54, 1.807) is 28.9 Å². The largest absolute Gasteiger partial charge is 0.406 e. The molecule has 1 amide bonds. The maximum Gasteiger partial charge on any atom is 0.406 e. The Morgan fingerprint density at radius 3 is 2.41 bits per heavy atom. The molecule has 0 atom stereocenters. The van der Waals surface area contributed by atoms with Crippen molar-refractivity contribution in [2.45, 2.75) is 26.1 Å². The van der Waals surface area contributed by atoms with Crippen molar-refractivity contribution in [3.63, 3.8) is 0 Å². The number of halogens is 3. The highest BCUT2D eigenvalue weighted by Crippen LogP contribution is 2.21. The number of amides is 1. The summed E-state index contributed by atoms with van der Waals surface area (Å²) in [4.78, 5) is 19.8. The van der Waals surface area contributed by atoms with Gasteiger partial charge in [0.25, 0.3) is 0 Å². The molecule has 0 saturated heterocycles. The smallest absolute Gasteiger partial charge is 0.378 e. The number of nitrogens with zero attached hydrogens (tertiary/aromatic N) is 4. The minimum Gasteiger partial charge on any atom is -0.378 e. The van der Waals surface area contributed by atoms with E-state index in [2.05, 4.69) is 4.98 Å². The van der Waals surface area contributed by atoms with E-state index < -0.39 is 18.6 Å². The van der Waals surface area contributed by atoms with E-state index in [9.17, 15) is 18.0 Å². The van der Waals surface area contributed by atoms with Gasteiger partial charge in [0, 0.05) is 38.7 Å². The van der Waals surface area contributed by atoms with Crippen molar-refractivity contribution in [1.29, 1.82) is 0 Å². The van der Waals surface area contributed by atoms with Gasteiger partial charge < -0.3 is 14.2 Å². The van der Waals surface area contributed by atoms with E-state index in [1.807, 2.05) is 50.2 Å². The lowest BCUT2D eigenvalue weighted by atomic mass is 10.1. The van der Waals surface area contributed by atoms with E-state index in [-0.39, 0.29) is 13.0 Å². The number of carbonyl (C=O) groups excluding carboxylic acids is 1. The third-order valence-electron chi connectivity index (χ3n) is 4.61. The van der Waals surface area contributed by atoms with Crippen molar-refractivity contribution in [3.05, 3.63) is 65.6 Å². The fourth-order valence-corrected chi connectivity index (χ4v) is 3.12. The Labute approximate surface area is 167 Å². The summed E-state index contributed by atoms with van der Waals surface area (Å²) in [5.74, 6) is -0.611. The standard InChI is InChI=1S/C21H23F3N4O/c1-15-5-4-10-27-13-17(25-20(15)27)11-19(29)28(14-21(22,23)24)12-16-6-8-18(9-7-16)26(2)3/h4-10,13H,11-12,14H2,1-3H3. The molecule has 29 heavy (non-hydrogen) atoms. The summed E-state index contributed by atoms with van der Waals surface area (Å²) in [6.45, 7) is 0.480. The average molecular weight is 404 g/mol. The SMILES string of the molecule is Cc1cccn2cc(CC(=O)N(Cc3ccc(N(C)C)cc3)CC(F)(F)F)nc12. The zero-order chi connectivity index (χ0) is 21.2. The van der Waals surface area contributed by atoms with Crippen molar-refractivity contribution in [2.75, 3.05) is 25.5 Å². The Balaban J connectivity index is 1.79. The lowest BCUT2D eigenvalue weighted by molar-refractivity contribution is -0.162. The van der Waals surface area contributed by atoms with Crippen molar-refractivity contribution < 1.29 is 18.0 Å². The number of alkyl halides is 3. The molecule has 2 aromatic heterocycles. The Kier molecular flexibility index (Phi) is 5.81. The molecule has 154 valence electrons. The lowest BCUT2D eigenvalue weighted by Crippen LogP contribution is -2.39. The van der Waals surface area contributed by atoms with E-state index in [0.29, 0.717) is 16.9 Å². The molecule has 0 N–H and O–H groups in total. The van der Waals surface area contributed by atoms with Crippen LogP contribution in [-0.2, 0) is 17.8 Å². The van der Waals surface area contributed by atoms with Crippen LogP contribution in [0.25, 0.3) is 5.65 Å². The first-order chi connectivity index (χ1) is 13.6. The monoisotopic (exact) mass is 404 g/mol. The molecular formula is C21H23F3N4O. The molecule has 1 aromatic carbocycles. The molecule has 0 fully saturated rings. The summed E-state index contributed by atoms with van der Waals surface area (Å²) in [5, 5.41) is 0. The summed E-state index contributed by atoms with van der Waals surface area (Å²) in [6, 6.07) is 10.8. The topological polar surface area (TPSA) is 40.9 Å². The summed E-state index contributed by atoms with van der Waals surface area (Å²) in [7, 11) is 3.76. The summed E-state index contributed by atoms with van der Waals surface area (Å²) >= 11 is 0. The molecule has 8 heteroatoms. The van der Waals surface area contributed by atoms with Crippen molar-refractivity contribution >= 4 is 17.2 Å². The first kappa shape index (κ1) is 20.7. The summed E-state index contributed by atoms with van der Waals surface area (Å²) in [6.07, 6.45) is -1.19. The predicted octanol–water partition coefficient (Wildman–Crippen LogP) is 3.84. The van der Waals surface area contributed by atoms with Crippen LogP contribution in [0.2, 0.25) is 0 Å². The number of rotatable bonds is 6. The van der Waals surface area contributed by atoms with Crippen LogP contribution in [0.5, 0.6) is 0 Å². The molecule has 0 unspecified atom stereocenters. The molecule has 2 heterocycles. The highest BCUT2D eigenvalue weighted by Gasteiger charge is 2.33. The van der Waals surface area contributed by atoms with Crippen LogP contribution in [0.1, 0.15) is 16.8 Å². The minimum absolute atomic E-state index is 0.113. The predicted molar refractivity (Wildman–Crippen MR) is 106 cm³/mol. The Morgan fingerprint density at radius 2 is 1.83 bits per heavy atom. The van der Waals surface area contributed by atoms with Gasteiger partial charge in [0.2, 0.25) is 5.91 Å². The zero-order valence-corrected chi connectivity index (χ0v) is 16.6. The number of hydrogen-bond acceptors (Lipinski definition) is 3. The minimum atomic E-state index is -4.48. The molecular weight excluding hydrogens is 381 g/mol. The Hall–Kier alpha value is -3.03. The first-order valence-corrected chi connectivity index (χ1v) is 9.16. The van der Waals surface area contributed by atoms with Crippen LogP contribution < -0.4 is 4.90 Å². The van der Waals surface area contributed by atoms with Crippen LogP contribution in [0.4, 0.5) is 18.9 Å². The van der Waals surface area contributed by atoms with Crippen LogP contribution in [0, 0.1) is 6.92 Å². The number of fused-ring (bicyclic) bond motifs is 1. The third kappa shape index (κ3) is 5.28. The second-order valence-corrected chi connectivity index (χ2v) is 7.26. The highest BCUT2D eigenvalue weighted by atomic mass is 19.4. The van der Waals surface area contributed by atoms with E-state index in [0.717, 1.165) is 16.2 Å². The summed E-state index contributed by atoms with van der Waals surface area (Å²) in [5.41, 5.74) is 3.64. The normalized spacial score (nSPS) is 11.7. The number of hydrogen-bond donors (Lipinski definition) is 0. The van der Waals surface area contributed by atoms with Crippen molar-refractivity contribution in [1.82, 2.24) is 14.3 Å². The zero-order valence-electron chi connectivity index (χ0n) is 16.6. The number of benzene rings is 1. The van der Waals surface area contributed by atoms with Gasteiger partial charge in [0.15, 0.2) is 0 Å². The van der Waals surface area contributed by atoms with Gasteiger partial charge in [-0.3, -0.25) is 4.79 Å². The van der Waals surface area contributed by atoms with Gasteiger partial charge in [-0.25, -0.2) is 4.98 Å². The van der Waals surface area contributed by atoms with Crippen LogP contribution >= 0.6 is 0 Å². The maximum atomic E-state index is 13.1. The molecule has 0 spiro atoms. The molecule has 0 aliphatic carbocycles. The van der Waals surface area contributed by atoms with Gasteiger partial charge >= 0.3 is 6.18 Å². The fraction of sp³-hybridized carbons (Fsp3) is 0.333. The molecule has 0 saturated carbocycles. The van der Waals surface area contributed by atoms with E-state index in [4.69, 9.17) is 0 Å². The van der Waals surface area contributed by atoms with E-state index >= 15 is 0 Å². The maximum absolute atomic E-state index is 13.1. The average Bonchev–Trinajstić information content (AvgIpc) is 3.04. The highest BCUT2D eigenvalue weighted by molar-refractivity contribution is 5.78. The number of imidazole rings is 1. The molecule has 3 aromatic rings. The Morgan fingerprint density at radius 1 is 1.14 bits per heavy atom. The molecule has 3 rings (SSSR count). The van der Waals surface area contributed by atoms with Crippen molar-refractivity contribution in [3.8, 4) is 0 Å². The third-order valence-corrected chi connectivity index (χ3v) is 4.61. The van der Waals surface area contributed by atoms with Gasteiger partial charge in [-0.15, -0.1) is 0 Å². The van der Waals surface area contributed by atoms with Gasteiger partial charge in [-0.05, 0) is 36.2 Å². The molecule has 5 nitrogen and oxygen atoms in total. The van der Waals surface area contributed by atoms with Gasteiger partial charge in [-0.2, -0.15) is 13.2 Å². The van der Waals surface area contributed by atoms with E-state index in [1.165, 1.54) is 0 Å². The van der Waals surface area contributed by atoms with Gasteiger partial charge in [-0.1, -0.05) is 18.2 Å². The number of anilines is 1. The number of pyridine rings is 1. The van der Waals surface area contributed by atoms with Crippen LogP contribution in [0.15, 0.2) is 48.8 Å². The Bertz CT molecular complexity index is 993. The lowest BCUT2D eigenvalue weighted by Gasteiger charge is -2.24. The second kappa shape index (κ2) is 8.14. The quantitative estimate of drug-likeness (QED) is 0.627. The summed E-state index contributed by atoms with van der Waals surface area (Å²) < 4.78 is 41.0. The molecule has 0 radical (unpaired) electrons. The van der Waals surface area contributed by atoms with Crippen molar-refractivity contribution in [2.24, 2.45) is 0 Å². The second-order valence-electron chi connectivity index (χ2n) is 7.26. The van der Waals surface area contributed by atoms with Crippen LogP contribution in [-0.4, -0.2) is 47.0 Å². The van der Waals surface area contributed by atoms with Gasteiger partial charge in [0.05, 0.1) is 12.1 Å². The number of carbonyl (C=O) groups is 1. The molecule has 0 aliphatic rings. The van der Waals surface area contributed by atoms with Gasteiger partial charge in [0.1, 0.15) is 12.2 Å². The first-order valence-electron chi connectivity index (χ1n) is 9.16. The number of aromatic nitrogens is 2. The molecule has 0 bridgehead atoms. The fourth-order valence-electron chi connectivity index (χ4n) is 3.12. The number of aryl methyl sites for hydroxylation is 1. The molecule has 0 aliphatic heterocycles.